The fraction of sp³-hybridized carbons (Fsp3) is 0.143. The minimum atomic E-state index is -2.89. The number of pyridine rings is 1. The van der Waals surface area contributed by atoms with Crippen molar-refractivity contribution in [2.45, 2.75) is 6.43 Å². The lowest BCUT2D eigenvalue weighted by Crippen LogP contribution is -2.21. The molecule has 4 nitrogen and oxygen atoms in total. The van der Waals surface area contributed by atoms with E-state index in [9.17, 15) is 18.4 Å². The Labute approximate surface area is 85.2 Å². The van der Waals surface area contributed by atoms with Gasteiger partial charge in [-0.15, -0.1) is 0 Å². The van der Waals surface area contributed by atoms with Gasteiger partial charge >= 0.3 is 0 Å². The van der Waals surface area contributed by atoms with Crippen LogP contribution in [0.5, 0.6) is 0 Å². The van der Waals surface area contributed by atoms with Crippen LogP contribution in [0.3, 0.4) is 0 Å². The Morgan fingerprint density at radius 2 is 2.14 bits per heavy atom. The van der Waals surface area contributed by atoms with Crippen LogP contribution in [-0.4, -0.2) is 10.9 Å². The van der Waals surface area contributed by atoms with E-state index in [1.807, 2.05) is 4.98 Å². The summed E-state index contributed by atoms with van der Waals surface area (Å²) in [6.07, 6.45) is -2.89. The van der Waals surface area contributed by atoms with Crippen molar-refractivity contribution in [3.05, 3.63) is 32.2 Å². The highest BCUT2D eigenvalue weighted by Crippen LogP contribution is 2.27. The number of carbonyl (C=O) groups excluding carboxylic acids is 1. The van der Waals surface area contributed by atoms with E-state index >= 15 is 0 Å². The number of primary amides is 1. The van der Waals surface area contributed by atoms with Crippen LogP contribution < -0.4 is 11.3 Å². The van der Waals surface area contributed by atoms with Gasteiger partial charge in [0.1, 0.15) is 5.69 Å². The SMILES string of the molecule is NC(=O)c1[nH]c(=O)cc(Br)c1C(F)F. The van der Waals surface area contributed by atoms with Gasteiger partial charge in [0, 0.05) is 10.5 Å². The summed E-state index contributed by atoms with van der Waals surface area (Å²) >= 11 is 2.76. The second kappa shape index (κ2) is 3.87. The minimum Gasteiger partial charge on any atom is -0.364 e. The van der Waals surface area contributed by atoms with E-state index in [1.165, 1.54) is 0 Å². The lowest BCUT2D eigenvalue weighted by atomic mass is 10.2. The van der Waals surface area contributed by atoms with Crippen LogP contribution >= 0.6 is 15.9 Å². The summed E-state index contributed by atoms with van der Waals surface area (Å²) in [4.78, 5) is 23.5. The van der Waals surface area contributed by atoms with Crippen LogP contribution in [0, 0.1) is 0 Å². The second-order valence-electron chi connectivity index (χ2n) is 2.44. The molecule has 1 heterocycles. The van der Waals surface area contributed by atoms with Gasteiger partial charge in [-0.2, -0.15) is 0 Å². The number of H-pyrrole nitrogens is 1. The maximum Gasteiger partial charge on any atom is 0.267 e. The first kappa shape index (κ1) is 10.8. The maximum atomic E-state index is 12.4. The summed E-state index contributed by atoms with van der Waals surface area (Å²) in [7, 11) is 0. The highest BCUT2D eigenvalue weighted by Gasteiger charge is 2.21. The molecule has 0 saturated carbocycles. The Bertz CT molecular complexity index is 430. The summed E-state index contributed by atoms with van der Waals surface area (Å²) in [5.74, 6) is -1.10. The van der Waals surface area contributed by atoms with Crippen molar-refractivity contribution in [1.29, 1.82) is 0 Å². The molecule has 0 unspecified atom stereocenters. The van der Waals surface area contributed by atoms with Crippen molar-refractivity contribution in [2.75, 3.05) is 0 Å². The first-order valence-electron chi connectivity index (χ1n) is 3.44. The van der Waals surface area contributed by atoms with Crippen LogP contribution in [0.1, 0.15) is 22.5 Å². The molecule has 1 aromatic rings. The fourth-order valence-corrected chi connectivity index (χ4v) is 1.53. The molecule has 0 fully saturated rings. The highest BCUT2D eigenvalue weighted by atomic mass is 79.9. The number of amides is 1. The van der Waals surface area contributed by atoms with Crippen molar-refractivity contribution >= 4 is 21.8 Å². The summed E-state index contributed by atoms with van der Waals surface area (Å²) in [5.41, 5.74) is 2.99. The molecule has 1 rings (SSSR count). The molecule has 0 radical (unpaired) electrons. The van der Waals surface area contributed by atoms with Crippen molar-refractivity contribution in [3.63, 3.8) is 0 Å². The van der Waals surface area contributed by atoms with E-state index in [1.54, 1.807) is 0 Å². The molecule has 0 aliphatic carbocycles. The smallest absolute Gasteiger partial charge is 0.267 e. The van der Waals surface area contributed by atoms with Gasteiger partial charge in [-0.25, -0.2) is 8.78 Å². The molecule has 0 saturated heterocycles. The lowest BCUT2D eigenvalue weighted by molar-refractivity contribution is 0.0979. The van der Waals surface area contributed by atoms with Gasteiger partial charge in [0.05, 0.1) is 5.56 Å². The van der Waals surface area contributed by atoms with E-state index < -0.39 is 29.1 Å². The maximum absolute atomic E-state index is 12.4. The van der Waals surface area contributed by atoms with Gasteiger partial charge in [-0.3, -0.25) is 9.59 Å². The molecule has 0 bridgehead atoms. The Hall–Kier alpha value is -1.24. The van der Waals surface area contributed by atoms with Gasteiger partial charge in [-0.05, 0) is 0 Å². The molecule has 0 atom stereocenters. The quantitative estimate of drug-likeness (QED) is 0.843. The average molecular weight is 267 g/mol. The van der Waals surface area contributed by atoms with Crippen LogP contribution in [0.2, 0.25) is 0 Å². The molecule has 3 N–H and O–H groups in total. The third-order valence-electron chi connectivity index (χ3n) is 1.50. The number of nitrogens with two attached hydrogens (primary N) is 1. The number of rotatable bonds is 2. The number of aromatic nitrogens is 1. The van der Waals surface area contributed by atoms with E-state index in [0.29, 0.717) is 0 Å². The highest BCUT2D eigenvalue weighted by molar-refractivity contribution is 9.10. The first-order valence-corrected chi connectivity index (χ1v) is 4.23. The van der Waals surface area contributed by atoms with Gasteiger partial charge in [-0.1, -0.05) is 15.9 Å². The molecule has 1 amide bonds. The summed E-state index contributed by atoms with van der Waals surface area (Å²) < 4.78 is 24.7. The molecule has 0 aliphatic heterocycles. The molecule has 0 aromatic carbocycles. The number of alkyl halides is 2. The van der Waals surface area contributed by atoms with Crippen molar-refractivity contribution in [2.24, 2.45) is 5.73 Å². The Morgan fingerprint density at radius 1 is 1.57 bits per heavy atom. The lowest BCUT2D eigenvalue weighted by Gasteiger charge is -2.06. The summed E-state index contributed by atoms with van der Waals surface area (Å²) in [6, 6.07) is 0.911. The first-order chi connectivity index (χ1) is 6.43. The zero-order valence-electron chi connectivity index (χ0n) is 6.68. The van der Waals surface area contributed by atoms with Crippen LogP contribution in [0.15, 0.2) is 15.3 Å². The van der Waals surface area contributed by atoms with E-state index in [4.69, 9.17) is 5.73 Å². The molecule has 1 aromatic heterocycles. The minimum absolute atomic E-state index is 0.134. The zero-order valence-corrected chi connectivity index (χ0v) is 8.27. The number of carbonyl (C=O) groups is 1. The van der Waals surface area contributed by atoms with Crippen LogP contribution in [0.4, 0.5) is 8.78 Å². The summed E-state index contributed by atoms with van der Waals surface area (Å²) in [6.45, 7) is 0. The standard InChI is InChI=1S/C7H5BrF2N2O2/c8-2-1-3(13)12-5(7(11)14)4(2)6(9)10/h1,6H,(H2,11,14)(H,12,13). The molecular weight excluding hydrogens is 262 g/mol. The third kappa shape index (κ3) is 1.98. The Morgan fingerprint density at radius 3 is 2.57 bits per heavy atom. The number of aromatic amines is 1. The van der Waals surface area contributed by atoms with Crippen LogP contribution in [-0.2, 0) is 0 Å². The van der Waals surface area contributed by atoms with E-state index in [-0.39, 0.29) is 4.47 Å². The zero-order chi connectivity index (χ0) is 10.9. The van der Waals surface area contributed by atoms with Gasteiger partial charge < -0.3 is 10.7 Å². The molecule has 76 valence electrons. The number of nitrogens with one attached hydrogen (secondary N) is 1. The molecule has 14 heavy (non-hydrogen) atoms. The molecule has 0 spiro atoms. The Balaban J connectivity index is 3.52. The normalized spacial score (nSPS) is 10.6. The average Bonchev–Trinajstić information content (AvgIpc) is 2.01. The third-order valence-corrected chi connectivity index (χ3v) is 2.15. The molecular formula is C7H5BrF2N2O2. The number of hydrogen-bond donors (Lipinski definition) is 2. The largest absolute Gasteiger partial charge is 0.364 e. The summed E-state index contributed by atoms with van der Waals surface area (Å²) in [5, 5.41) is 0. The predicted molar refractivity (Wildman–Crippen MR) is 48.2 cm³/mol. The molecule has 0 aliphatic rings. The molecule has 7 heteroatoms. The van der Waals surface area contributed by atoms with E-state index in [2.05, 4.69) is 15.9 Å². The van der Waals surface area contributed by atoms with Crippen molar-refractivity contribution < 1.29 is 13.6 Å². The van der Waals surface area contributed by atoms with Gasteiger partial charge in [0.2, 0.25) is 5.56 Å². The van der Waals surface area contributed by atoms with E-state index in [0.717, 1.165) is 6.07 Å². The van der Waals surface area contributed by atoms with Gasteiger partial charge in [0.15, 0.2) is 0 Å². The Kier molecular flexibility index (Phi) is 3.00. The number of halogens is 3. The van der Waals surface area contributed by atoms with Crippen molar-refractivity contribution in [1.82, 2.24) is 4.98 Å². The predicted octanol–water partition coefficient (Wildman–Crippen LogP) is 1.17. The monoisotopic (exact) mass is 266 g/mol. The number of hydrogen-bond acceptors (Lipinski definition) is 2. The fourth-order valence-electron chi connectivity index (χ4n) is 0.947. The van der Waals surface area contributed by atoms with Crippen molar-refractivity contribution in [3.8, 4) is 0 Å². The van der Waals surface area contributed by atoms with Crippen LogP contribution in [0.25, 0.3) is 0 Å². The second-order valence-corrected chi connectivity index (χ2v) is 3.29. The topological polar surface area (TPSA) is 76.0 Å². The van der Waals surface area contributed by atoms with Gasteiger partial charge in [0.25, 0.3) is 12.3 Å².